The fraction of sp³-hybridized carbons (Fsp3) is 0. The maximum atomic E-state index is 11.3. The number of hydrogen-bond donors (Lipinski definition) is 0. The average molecular weight is 457 g/mol. The Balaban J connectivity index is 1.71. The second kappa shape index (κ2) is 8.65. The van der Waals surface area contributed by atoms with E-state index in [1.54, 1.807) is 12.1 Å². The summed E-state index contributed by atoms with van der Waals surface area (Å²) in [5.41, 5.74) is 3.40. The van der Waals surface area contributed by atoms with Crippen molar-refractivity contribution in [2.24, 2.45) is 0 Å². The normalized spacial score (nSPS) is 12.0. The zero-order valence-electron chi connectivity index (χ0n) is 17.4. The van der Waals surface area contributed by atoms with Gasteiger partial charge in [-0.3, -0.25) is 0 Å². The number of nitrogens with zero attached hydrogens (tertiary/aromatic N) is 1. The van der Waals surface area contributed by atoms with E-state index in [-0.39, 0.29) is 5.75 Å². The molecule has 5 rings (SSSR count). The zero-order chi connectivity index (χ0) is 22.8. The molecule has 6 heteroatoms. The number of pyridine rings is 1. The lowest BCUT2D eigenvalue weighted by atomic mass is 10.0. The van der Waals surface area contributed by atoms with E-state index >= 15 is 0 Å². The van der Waals surface area contributed by atoms with Crippen LogP contribution in [0.1, 0.15) is 11.3 Å². The molecule has 0 aliphatic rings. The Kier molecular flexibility index (Phi) is 5.54. The van der Waals surface area contributed by atoms with E-state index in [1.165, 1.54) is 6.07 Å². The van der Waals surface area contributed by atoms with Gasteiger partial charge in [0, 0.05) is 41.3 Å². The van der Waals surface area contributed by atoms with E-state index in [9.17, 15) is 14.0 Å². The zero-order valence-corrected chi connectivity index (χ0v) is 18.2. The smallest absolute Gasteiger partial charge is 0.167 e. The third-order valence-electron chi connectivity index (χ3n) is 5.41. The molecule has 0 saturated carbocycles. The van der Waals surface area contributed by atoms with Gasteiger partial charge in [0.2, 0.25) is 16.9 Å². The van der Waals surface area contributed by atoms with Crippen molar-refractivity contribution in [3.63, 3.8) is 0 Å². The minimum Gasteiger partial charge on any atom is -0.167 e. The summed E-state index contributed by atoms with van der Waals surface area (Å²) in [5.74, 6) is -0.0198. The molecule has 0 spiro atoms. The van der Waals surface area contributed by atoms with E-state index < -0.39 is 10.2 Å². The van der Waals surface area contributed by atoms with Crippen molar-refractivity contribution in [3.8, 4) is 11.4 Å². The topological polar surface area (TPSA) is 82.3 Å². The first-order valence-electron chi connectivity index (χ1n) is 10.3. The highest BCUT2D eigenvalue weighted by Gasteiger charge is 2.24. The number of hydrogen-bond acceptors (Lipinski definition) is 4. The predicted molar refractivity (Wildman–Crippen MR) is 119 cm³/mol. The van der Waals surface area contributed by atoms with Gasteiger partial charge in [0.05, 0.1) is 0 Å². The van der Waals surface area contributed by atoms with Gasteiger partial charge >= 0.3 is 0 Å². The van der Waals surface area contributed by atoms with Gasteiger partial charge in [-0.1, -0.05) is 58.9 Å². The molecule has 1 heterocycles. The lowest BCUT2D eigenvalue weighted by Gasteiger charge is -2.14. The Labute approximate surface area is 192 Å². The van der Waals surface area contributed by atoms with Gasteiger partial charge in [0.15, 0.2) is 0 Å². The summed E-state index contributed by atoms with van der Waals surface area (Å²) in [6.45, 7) is 0. The monoisotopic (exact) mass is 456 g/mol. The molecule has 0 unspecified atom stereocenters. The van der Waals surface area contributed by atoms with Crippen molar-refractivity contribution in [1.82, 2.24) is 0 Å². The first-order valence-corrected chi connectivity index (χ1v) is 11.5. The van der Waals surface area contributed by atoms with Crippen LogP contribution in [0.5, 0.6) is 5.75 Å². The summed E-state index contributed by atoms with van der Waals surface area (Å²) in [7, 11) is -4.62. The molecule has 33 heavy (non-hydrogen) atoms. The summed E-state index contributed by atoms with van der Waals surface area (Å²) in [4.78, 5) is 0. The number of fused-ring (bicyclic) bond motifs is 2. The molecule has 0 aliphatic carbocycles. The largest absolute Gasteiger partial charge is 0.296 e. The number of para-hydroxylation sites is 2. The maximum Gasteiger partial charge on any atom is 0.296 e. The lowest BCUT2D eigenvalue weighted by Crippen LogP contribution is -2.63. The van der Waals surface area contributed by atoms with Gasteiger partial charge in [-0.25, -0.2) is 0 Å². The fourth-order valence-electron chi connectivity index (χ4n) is 4.00. The molecule has 0 atom stereocenters. The molecule has 0 N–H and O–H groups in total. The van der Waals surface area contributed by atoms with Crippen molar-refractivity contribution in [2.75, 3.05) is 0 Å². The lowest BCUT2D eigenvalue weighted by molar-refractivity contribution is -1.91. The van der Waals surface area contributed by atoms with Crippen LogP contribution in [0.2, 0.25) is 0 Å². The number of benzene rings is 4. The van der Waals surface area contributed by atoms with Crippen molar-refractivity contribution >= 4 is 33.8 Å². The van der Waals surface area contributed by atoms with Crippen molar-refractivity contribution in [3.05, 3.63) is 114 Å². The maximum absolute atomic E-state index is 11.3. The second-order valence-electron chi connectivity index (χ2n) is 7.47. The van der Waals surface area contributed by atoms with Crippen LogP contribution < -0.4 is 22.8 Å². The van der Waals surface area contributed by atoms with E-state index in [0.717, 1.165) is 33.1 Å². The van der Waals surface area contributed by atoms with Crippen LogP contribution in [0, 0.1) is 10.2 Å². The molecule has 162 valence electrons. The van der Waals surface area contributed by atoms with E-state index in [0.29, 0.717) is 5.56 Å². The van der Waals surface area contributed by atoms with Gasteiger partial charge in [-0.2, -0.15) is 18.5 Å². The number of rotatable bonds is 5. The molecule has 4 aromatic carbocycles. The van der Waals surface area contributed by atoms with Crippen LogP contribution in [0.15, 0.2) is 103 Å². The molecule has 5 nitrogen and oxygen atoms in total. The van der Waals surface area contributed by atoms with Crippen molar-refractivity contribution in [2.45, 2.75) is 0 Å². The Morgan fingerprint density at radius 2 is 1.30 bits per heavy atom. The molecule has 0 fully saturated rings. The van der Waals surface area contributed by atoms with Crippen LogP contribution >= 0.6 is 0 Å². The summed E-state index contributed by atoms with van der Waals surface area (Å²) >= 11 is 0. The van der Waals surface area contributed by atoms with Gasteiger partial charge in [-0.05, 0) is 41.1 Å². The van der Waals surface area contributed by atoms with Crippen LogP contribution in [0.3, 0.4) is 0 Å². The molecule has 0 amide bonds. The molecular formula is C27H19ClNO4+. The highest BCUT2D eigenvalue weighted by molar-refractivity contribution is 5.95. The van der Waals surface area contributed by atoms with Crippen molar-refractivity contribution in [1.29, 1.82) is 0 Å². The Bertz CT molecular complexity index is 1480. The van der Waals surface area contributed by atoms with Gasteiger partial charge in [0.1, 0.15) is 10.2 Å². The third kappa shape index (κ3) is 4.44. The third-order valence-corrected chi connectivity index (χ3v) is 5.77. The van der Waals surface area contributed by atoms with Gasteiger partial charge in [-0.15, -0.1) is 0 Å². The van der Waals surface area contributed by atoms with E-state index in [4.69, 9.17) is 4.29 Å². The van der Waals surface area contributed by atoms with Crippen molar-refractivity contribution < 1.29 is 33.1 Å². The molecule has 0 saturated heterocycles. The Morgan fingerprint density at radius 3 is 2.09 bits per heavy atom. The number of aromatic nitrogens is 1. The standard InChI is InChI=1S/C27H19ClNO4/c30-28(31,32)33-27-19-15-20-8-4-6-12-24(20)25(27)18-17-23-16-14-21-9-5-7-13-26(21)29(23)22-10-2-1-3-11-22/h1-19H/q+1. The first-order chi connectivity index (χ1) is 16.0. The molecule has 0 aliphatic heterocycles. The average Bonchev–Trinajstić information content (AvgIpc) is 2.82. The predicted octanol–water partition coefficient (Wildman–Crippen LogP) is 2.72. The minimum absolute atomic E-state index is 0.0198. The summed E-state index contributed by atoms with van der Waals surface area (Å²) in [6, 6.07) is 32.9. The minimum atomic E-state index is -4.62. The quantitative estimate of drug-likeness (QED) is 0.381. The summed E-state index contributed by atoms with van der Waals surface area (Å²) < 4.78 is 40.8. The van der Waals surface area contributed by atoms with Gasteiger partial charge in [0.25, 0.3) is 5.75 Å². The molecule has 1 aromatic heterocycles. The fourth-order valence-corrected chi connectivity index (χ4v) is 4.34. The molecule has 0 bridgehead atoms. The summed E-state index contributed by atoms with van der Waals surface area (Å²) in [5, 5.41) is 2.76. The molecule has 5 aromatic rings. The van der Waals surface area contributed by atoms with Crippen LogP contribution in [-0.2, 0) is 0 Å². The van der Waals surface area contributed by atoms with Crippen LogP contribution in [0.4, 0.5) is 0 Å². The highest BCUT2D eigenvalue weighted by atomic mass is 35.7. The number of halogens is 1. The molecular weight excluding hydrogens is 438 g/mol. The SMILES string of the molecule is [O-][Cl+3]([O-])([O-])Oc1ccc2ccccc2c1C=Cc1ccc2ccccc2[n+]1-c1ccccc1. The Morgan fingerprint density at radius 1 is 0.636 bits per heavy atom. The van der Waals surface area contributed by atoms with Gasteiger partial charge < -0.3 is 0 Å². The second-order valence-corrected chi connectivity index (χ2v) is 8.39. The first kappa shape index (κ1) is 21.1. The van der Waals surface area contributed by atoms with E-state index in [2.05, 4.69) is 16.7 Å². The Hall–Kier alpha value is -3.74. The van der Waals surface area contributed by atoms with Crippen LogP contribution in [-0.4, -0.2) is 0 Å². The highest BCUT2D eigenvalue weighted by Crippen LogP contribution is 2.31. The van der Waals surface area contributed by atoms with E-state index in [1.807, 2.05) is 84.9 Å². The van der Waals surface area contributed by atoms with Crippen LogP contribution in [0.25, 0.3) is 39.5 Å². The summed E-state index contributed by atoms with van der Waals surface area (Å²) in [6.07, 6.45) is 3.67. The molecule has 0 radical (unpaired) electrons.